The van der Waals surface area contributed by atoms with Crippen molar-refractivity contribution in [1.82, 2.24) is 0 Å². The molecule has 0 aliphatic heterocycles. The molecule has 0 saturated heterocycles. The third kappa shape index (κ3) is 2.73. The predicted molar refractivity (Wildman–Crippen MR) is 38.5 cm³/mol. The summed E-state index contributed by atoms with van der Waals surface area (Å²) >= 11 is 2.86. The summed E-state index contributed by atoms with van der Waals surface area (Å²) in [5, 5.41) is 0.234. The second kappa shape index (κ2) is 4.01. The average molecular weight is 217 g/mol. The van der Waals surface area contributed by atoms with Gasteiger partial charge in [0.15, 0.2) is 6.17 Å². The molecule has 60 valence electrons. The molecular weight excluding hydrogens is 209 g/mol. The lowest BCUT2D eigenvalue weighted by molar-refractivity contribution is -0.0275. The minimum atomic E-state index is -3.38. The van der Waals surface area contributed by atoms with E-state index >= 15 is 0 Å². The van der Waals surface area contributed by atoms with Gasteiger partial charge >= 0.3 is 0 Å². The SMILES string of the molecule is C=CC(F)(F)C(F)CCBr. The summed E-state index contributed by atoms with van der Waals surface area (Å²) in [5.74, 6) is -3.38. The van der Waals surface area contributed by atoms with Crippen molar-refractivity contribution in [2.75, 3.05) is 5.33 Å². The summed E-state index contributed by atoms with van der Waals surface area (Å²) in [5.41, 5.74) is 0. The molecule has 10 heavy (non-hydrogen) atoms. The molecule has 0 aromatic heterocycles. The van der Waals surface area contributed by atoms with E-state index in [0.717, 1.165) is 0 Å². The molecule has 4 heteroatoms. The molecule has 0 aromatic rings. The summed E-state index contributed by atoms with van der Waals surface area (Å²) in [4.78, 5) is 0. The topological polar surface area (TPSA) is 0 Å². The van der Waals surface area contributed by atoms with Crippen molar-refractivity contribution in [3.63, 3.8) is 0 Å². The molecule has 0 amide bonds. The van der Waals surface area contributed by atoms with Gasteiger partial charge in [-0.3, -0.25) is 0 Å². The van der Waals surface area contributed by atoms with Gasteiger partial charge in [-0.25, -0.2) is 4.39 Å². The van der Waals surface area contributed by atoms with Crippen LogP contribution >= 0.6 is 15.9 Å². The largest absolute Gasteiger partial charge is 0.296 e. The van der Waals surface area contributed by atoms with Gasteiger partial charge in [0.2, 0.25) is 0 Å². The zero-order valence-corrected chi connectivity index (χ0v) is 6.87. The number of hydrogen-bond donors (Lipinski definition) is 0. The van der Waals surface area contributed by atoms with Crippen LogP contribution in [0.15, 0.2) is 12.7 Å². The standard InChI is InChI=1S/C6H8BrF3/c1-2-6(9,10)5(8)3-4-7/h2,5H,1,3-4H2. The Labute approximate surface area is 66.2 Å². The van der Waals surface area contributed by atoms with Crippen LogP contribution < -0.4 is 0 Å². The van der Waals surface area contributed by atoms with Crippen LogP contribution in [0.1, 0.15) is 6.42 Å². The number of alkyl halides is 4. The molecule has 0 N–H and O–H groups in total. The molecule has 0 spiro atoms. The van der Waals surface area contributed by atoms with Crippen LogP contribution in [0.25, 0.3) is 0 Å². The molecule has 0 saturated carbocycles. The molecule has 0 heterocycles. The van der Waals surface area contributed by atoms with Crippen LogP contribution in [0, 0.1) is 0 Å². The fraction of sp³-hybridized carbons (Fsp3) is 0.667. The van der Waals surface area contributed by atoms with Gasteiger partial charge in [0.1, 0.15) is 0 Å². The van der Waals surface area contributed by atoms with Gasteiger partial charge in [-0.1, -0.05) is 22.5 Å². The van der Waals surface area contributed by atoms with Crippen molar-refractivity contribution >= 4 is 15.9 Å². The Morgan fingerprint density at radius 3 is 2.40 bits per heavy atom. The highest BCUT2D eigenvalue weighted by molar-refractivity contribution is 9.09. The zero-order valence-electron chi connectivity index (χ0n) is 5.29. The van der Waals surface area contributed by atoms with Gasteiger partial charge < -0.3 is 0 Å². The normalized spacial score (nSPS) is 14.8. The summed E-state index contributed by atoms with van der Waals surface area (Å²) in [7, 11) is 0. The lowest BCUT2D eigenvalue weighted by Gasteiger charge is -2.14. The number of rotatable bonds is 4. The van der Waals surface area contributed by atoms with Gasteiger partial charge in [0.05, 0.1) is 0 Å². The van der Waals surface area contributed by atoms with E-state index in [1.807, 2.05) is 0 Å². The van der Waals surface area contributed by atoms with Crippen LogP contribution in [-0.4, -0.2) is 17.4 Å². The van der Waals surface area contributed by atoms with E-state index < -0.39 is 12.1 Å². The van der Waals surface area contributed by atoms with Crippen molar-refractivity contribution in [2.24, 2.45) is 0 Å². The van der Waals surface area contributed by atoms with Gasteiger partial charge in [0.25, 0.3) is 5.92 Å². The lowest BCUT2D eigenvalue weighted by atomic mass is 10.2. The molecule has 1 atom stereocenters. The van der Waals surface area contributed by atoms with Crippen molar-refractivity contribution in [1.29, 1.82) is 0 Å². The maximum absolute atomic E-state index is 12.3. The van der Waals surface area contributed by atoms with E-state index in [9.17, 15) is 13.2 Å². The summed E-state index contributed by atoms with van der Waals surface area (Å²) in [6, 6.07) is 0. The minimum absolute atomic E-state index is 0.195. The second-order valence-corrected chi connectivity index (χ2v) is 2.62. The maximum Gasteiger partial charge on any atom is 0.296 e. The third-order valence-electron chi connectivity index (χ3n) is 1.05. The number of allylic oxidation sites excluding steroid dienone is 1. The van der Waals surface area contributed by atoms with Crippen LogP contribution in [0.5, 0.6) is 0 Å². The van der Waals surface area contributed by atoms with E-state index in [2.05, 4.69) is 22.5 Å². The first-order valence-electron chi connectivity index (χ1n) is 2.76. The third-order valence-corrected chi connectivity index (χ3v) is 1.51. The second-order valence-electron chi connectivity index (χ2n) is 1.82. The summed E-state index contributed by atoms with van der Waals surface area (Å²) in [6.07, 6.45) is -1.98. The molecule has 0 fully saturated rings. The Morgan fingerprint density at radius 2 is 2.10 bits per heavy atom. The molecule has 0 nitrogen and oxygen atoms in total. The maximum atomic E-state index is 12.3. The lowest BCUT2D eigenvalue weighted by Crippen LogP contribution is -2.27. The van der Waals surface area contributed by atoms with Gasteiger partial charge in [-0.15, -0.1) is 0 Å². The van der Waals surface area contributed by atoms with Crippen LogP contribution in [0.4, 0.5) is 13.2 Å². The Balaban J connectivity index is 3.90. The molecular formula is C6H8BrF3. The van der Waals surface area contributed by atoms with Crippen molar-refractivity contribution in [2.45, 2.75) is 18.5 Å². The van der Waals surface area contributed by atoms with Crippen LogP contribution in [-0.2, 0) is 0 Å². The first-order valence-corrected chi connectivity index (χ1v) is 3.88. The van der Waals surface area contributed by atoms with Gasteiger partial charge in [0, 0.05) is 5.33 Å². The quantitative estimate of drug-likeness (QED) is 0.501. The van der Waals surface area contributed by atoms with Crippen LogP contribution in [0.2, 0.25) is 0 Å². The molecule has 0 aliphatic carbocycles. The number of hydrogen-bond acceptors (Lipinski definition) is 0. The van der Waals surface area contributed by atoms with Gasteiger partial charge in [-0.2, -0.15) is 8.78 Å². The van der Waals surface area contributed by atoms with Crippen LogP contribution in [0.3, 0.4) is 0 Å². The fourth-order valence-electron chi connectivity index (χ4n) is 0.416. The van der Waals surface area contributed by atoms with Crippen molar-refractivity contribution < 1.29 is 13.2 Å². The molecule has 0 radical (unpaired) electrons. The van der Waals surface area contributed by atoms with E-state index in [-0.39, 0.29) is 11.8 Å². The van der Waals surface area contributed by atoms with Crippen molar-refractivity contribution in [3.8, 4) is 0 Å². The Morgan fingerprint density at radius 1 is 1.60 bits per heavy atom. The highest BCUT2D eigenvalue weighted by Crippen LogP contribution is 2.25. The smallest absolute Gasteiger partial charge is 0.240 e. The minimum Gasteiger partial charge on any atom is -0.240 e. The molecule has 0 aromatic carbocycles. The number of halogens is 4. The van der Waals surface area contributed by atoms with Gasteiger partial charge in [-0.05, 0) is 12.5 Å². The fourth-order valence-corrected chi connectivity index (χ4v) is 0.818. The molecule has 0 aliphatic rings. The Hall–Kier alpha value is 0.01000. The Bertz CT molecular complexity index is 114. The summed E-state index contributed by atoms with van der Waals surface area (Å²) in [6.45, 7) is 2.83. The first kappa shape index (κ1) is 10.0. The van der Waals surface area contributed by atoms with E-state index in [1.165, 1.54) is 0 Å². The Kier molecular flexibility index (Phi) is 4.01. The summed E-state index contributed by atoms with van der Waals surface area (Å²) < 4.78 is 36.8. The zero-order chi connectivity index (χ0) is 8.20. The molecule has 0 rings (SSSR count). The average Bonchev–Trinajstić information content (AvgIpc) is 1.89. The van der Waals surface area contributed by atoms with E-state index in [1.54, 1.807) is 0 Å². The molecule has 0 bridgehead atoms. The van der Waals surface area contributed by atoms with E-state index in [4.69, 9.17) is 0 Å². The monoisotopic (exact) mass is 216 g/mol. The highest BCUT2D eigenvalue weighted by Gasteiger charge is 2.35. The van der Waals surface area contributed by atoms with E-state index in [0.29, 0.717) is 6.08 Å². The van der Waals surface area contributed by atoms with Crippen molar-refractivity contribution in [3.05, 3.63) is 12.7 Å². The first-order chi connectivity index (χ1) is 4.54. The highest BCUT2D eigenvalue weighted by atomic mass is 79.9. The molecule has 1 unspecified atom stereocenters. The predicted octanol–water partition coefficient (Wildman–Crippen LogP) is 2.93.